The number of halogens is 1. The summed E-state index contributed by atoms with van der Waals surface area (Å²) in [5.41, 5.74) is 6.91. The summed E-state index contributed by atoms with van der Waals surface area (Å²) in [7, 11) is 0. The standard InChI is InChI=1S/C27H23ClN4O/c28-23-10-4-2-7-19(23)16-33-27-12-21-22(13-30-24(21)14-31-27)26-15-29-17-32(26)25-11-5-8-18-6-1-3-9-20(18)25/h1-4,6-7,9-10,12-15,17,25,30H,5,8,11,16H2. The van der Waals surface area contributed by atoms with Crippen LogP contribution in [-0.4, -0.2) is 19.5 Å². The van der Waals surface area contributed by atoms with E-state index in [4.69, 9.17) is 16.3 Å². The Morgan fingerprint density at radius 1 is 1.09 bits per heavy atom. The Kier molecular flexibility index (Phi) is 5.11. The maximum Gasteiger partial charge on any atom is 0.214 e. The Balaban J connectivity index is 1.35. The summed E-state index contributed by atoms with van der Waals surface area (Å²) in [5, 5.41) is 1.75. The number of fused-ring (bicyclic) bond motifs is 2. The number of rotatable bonds is 5. The van der Waals surface area contributed by atoms with E-state index < -0.39 is 0 Å². The summed E-state index contributed by atoms with van der Waals surface area (Å²) < 4.78 is 8.29. The molecule has 0 bridgehead atoms. The summed E-state index contributed by atoms with van der Waals surface area (Å²) >= 11 is 6.27. The lowest BCUT2D eigenvalue weighted by Crippen LogP contribution is -2.17. The molecule has 1 unspecified atom stereocenters. The molecular formula is C27H23ClN4O. The molecule has 0 spiro atoms. The van der Waals surface area contributed by atoms with Gasteiger partial charge < -0.3 is 14.3 Å². The number of imidazole rings is 1. The van der Waals surface area contributed by atoms with Gasteiger partial charge in [-0.2, -0.15) is 0 Å². The maximum atomic E-state index is 6.27. The zero-order valence-corrected chi connectivity index (χ0v) is 18.8. The van der Waals surface area contributed by atoms with Crippen molar-refractivity contribution in [2.75, 3.05) is 0 Å². The van der Waals surface area contributed by atoms with Gasteiger partial charge in [0.25, 0.3) is 0 Å². The van der Waals surface area contributed by atoms with Crippen LogP contribution in [0.25, 0.3) is 22.2 Å². The van der Waals surface area contributed by atoms with Crippen molar-refractivity contribution in [2.24, 2.45) is 0 Å². The fourth-order valence-electron chi connectivity index (χ4n) is 4.84. The molecule has 1 atom stereocenters. The summed E-state index contributed by atoms with van der Waals surface area (Å²) in [6, 6.07) is 18.7. The second-order valence-electron chi connectivity index (χ2n) is 8.44. The third-order valence-electron chi connectivity index (χ3n) is 6.49. The van der Waals surface area contributed by atoms with E-state index in [1.807, 2.05) is 55.2 Å². The number of ether oxygens (including phenoxy) is 1. The van der Waals surface area contributed by atoms with Crippen molar-refractivity contribution in [3.05, 3.63) is 101 Å². The second-order valence-corrected chi connectivity index (χ2v) is 8.85. The first-order valence-corrected chi connectivity index (χ1v) is 11.6. The molecule has 5 nitrogen and oxygen atoms in total. The molecule has 164 valence electrons. The maximum absolute atomic E-state index is 6.27. The van der Waals surface area contributed by atoms with Gasteiger partial charge in [-0.15, -0.1) is 0 Å². The van der Waals surface area contributed by atoms with Crippen LogP contribution < -0.4 is 4.74 Å². The van der Waals surface area contributed by atoms with Crippen molar-refractivity contribution in [1.29, 1.82) is 0 Å². The van der Waals surface area contributed by atoms with Crippen molar-refractivity contribution >= 4 is 22.5 Å². The molecule has 3 heterocycles. The largest absolute Gasteiger partial charge is 0.473 e. The zero-order chi connectivity index (χ0) is 22.2. The lowest BCUT2D eigenvalue weighted by atomic mass is 9.87. The van der Waals surface area contributed by atoms with Crippen LogP contribution in [0.3, 0.4) is 0 Å². The number of hydrogen-bond acceptors (Lipinski definition) is 3. The molecule has 0 saturated carbocycles. The predicted molar refractivity (Wildman–Crippen MR) is 131 cm³/mol. The molecule has 1 N–H and O–H groups in total. The number of nitrogens with one attached hydrogen (secondary N) is 1. The molecule has 0 aliphatic heterocycles. The van der Waals surface area contributed by atoms with Crippen LogP contribution in [0.2, 0.25) is 5.02 Å². The van der Waals surface area contributed by atoms with Gasteiger partial charge in [0, 0.05) is 33.8 Å². The molecule has 6 heteroatoms. The molecule has 0 radical (unpaired) electrons. The van der Waals surface area contributed by atoms with Gasteiger partial charge >= 0.3 is 0 Å². The quantitative estimate of drug-likeness (QED) is 0.326. The number of hydrogen-bond donors (Lipinski definition) is 1. The van der Waals surface area contributed by atoms with Crippen LogP contribution in [0.5, 0.6) is 5.88 Å². The molecule has 5 aromatic rings. The summed E-state index contributed by atoms with van der Waals surface area (Å²) in [6.07, 6.45) is 11.2. The number of benzene rings is 2. The Labute approximate surface area is 197 Å². The molecule has 2 aromatic carbocycles. The molecule has 0 saturated heterocycles. The van der Waals surface area contributed by atoms with Crippen molar-refractivity contribution in [3.8, 4) is 17.1 Å². The van der Waals surface area contributed by atoms with Crippen LogP contribution in [0, 0.1) is 0 Å². The smallest absolute Gasteiger partial charge is 0.214 e. The van der Waals surface area contributed by atoms with Crippen molar-refractivity contribution in [2.45, 2.75) is 31.9 Å². The first kappa shape index (κ1) is 20.1. The SMILES string of the molecule is Clc1ccccc1COc1cc2c(-c3cncn3C3CCCc4ccccc43)c[nH]c2cn1. The molecule has 6 rings (SSSR count). The first-order valence-electron chi connectivity index (χ1n) is 11.2. The van der Waals surface area contributed by atoms with E-state index in [2.05, 4.69) is 43.8 Å². The average molecular weight is 455 g/mol. The molecule has 1 aliphatic rings. The molecular weight excluding hydrogens is 432 g/mol. The molecule has 1 aliphatic carbocycles. The van der Waals surface area contributed by atoms with Crippen LogP contribution in [-0.2, 0) is 13.0 Å². The van der Waals surface area contributed by atoms with Crippen molar-refractivity contribution in [1.82, 2.24) is 19.5 Å². The Morgan fingerprint density at radius 2 is 1.97 bits per heavy atom. The van der Waals surface area contributed by atoms with Gasteiger partial charge in [0.05, 0.1) is 36.0 Å². The summed E-state index contributed by atoms with van der Waals surface area (Å²) in [6.45, 7) is 0.370. The summed E-state index contributed by atoms with van der Waals surface area (Å²) in [5.74, 6) is 0.567. The third-order valence-corrected chi connectivity index (χ3v) is 6.86. The number of nitrogens with zero attached hydrogens (tertiary/aromatic N) is 3. The molecule has 33 heavy (non-hydrogen) atoms. The van der Waals surface area contributed by atoms with Gasteiger partial charge in [0.15, 0.2) is 0 Å². The monoisotopic (exact) mass is 454 g/mol. The topological polar surface area (TPSA) is 55.7 Å². The van der Waals surface area contributed by atoms with Crippen molar-refractivity contribution < 1.29 is 4.74 Å². The fraction of sp³-hybridized carbons (Fsp3) is 0.185. The normalized spacial score (nSPS) is 15.5. The highest BCUT2D eigenvalue weighted by molar-refractivity contribution is 6.31. The zero-order valence-electron chi connectivity index (χ0n) is 18.0. The minimum Gasteiger partial charge on any atom is -0.473 e. The van der Waals surface area contributed by atoms with Gasteiger partial charge in [-0.25, -0.2) is 9.97 Å². The second kappa shape index (κ2) is 8.41. The fourth-order valence-corrected chi connectivity index (χ4v) is 5.03. The van der Waals surface area contributed by atoms with Crippen LogP contribution >= 0.6 is 11.6 Å². The van der Waals surface area contributed by atoms with E-state index in [-0.39, 0.29) is 6.04 Å². The lowest BCUT2D eigenvalue weighted by Gasteiger charge is -2.28. The van der Waals surface area contributed by atoms with Crippen LogP contribution in [0.4, 0.5) is 0 Å². The highest BCUT2D eigenvalue weighted by Crippen LogP contribution is 2.38. The van der Waals surface area contributed by atoms with Crippen molar-refractivity contribution in [3.63, 3.8) is 0 Å². The highest BCUT2D eigenvalue weighted by Gasteiger charge is 2.24. The Bertz CT molecular complexity index is 1440. The van der Waals surface area contributed by atoms with E-state index in [1.54, 1.807) is 0 Å². The molecule has 0 fully saturated rings. The van der Waals surface area contributed by atoms with Gasteiger partial charge in [0.1, 0.15) is 6.61 Å². The number of pyridine rings is 1. The van der Waals surface area contributed by atoms with E-state index in [0.29, 0.717) is 17.5 Å². The Hall–Kier alpha value is -3.57. The molecule has 0 amide bonds. The number of H-pyrrole nitrogens is 1. The Morgan fingerprint density at radius 3 is 2.91 bits per heavy atom. The highest BCUT2D eigenvalue weighted by atomic mass is 35.5. The van der Waals surface area contributed by atoms with E-state index in [0.717, 1.165) is 40.6 Å². The number of aromatic nitrogens is 4. The average Bonchev–Trinajstić information content (AvgIpc) is 3.50. The van der Waals surface area contributed by atoms with Gasteiger partial charge in [0.2, 0.25) is 5.88 Å². The predicted octanol–water partition coefficient (Wildman–Crippen LogP) is 6.58. The van der Waals surface area contributed by atoms with Crippen LogP contribution in [0.15, 0.2) is 79.5 Å². The van der Waals surface area contributed by atoms with Gasteiger partial charge in [-0.05, 0) is 36.5 Å². The summed E-state index contributed by atoms with van der Waals surface area (Å²) in [4.78, 5) is 12.4. The number of aryl methyl sites for hydroxylation is 1. The van der Waals surface area contributed by atoms with E-state index in [9.17, 15) is 0 Å². The third kappa shape index (κ3) is 3.68. The van der Waals surface area contributed by atoms with Crippen LogP contribution in [0.1, 0.15) is 35.6 Å². The van der Waals surface area contributed by atoms with E-state index in [1.165, 1.54) is 17.5 Å². The number of aromatic amines is 1. The first-order chi connectivity index (χ1) is 16.3. The molecule has 3 aromatic heterocycles. The minimum absolute atomic E-state index is 0.287. The lowest BCUT2D eigenvalue weighted by molar-refractivity contribution is 0.294. The van der Waals surface area contributed by atoms with E-state index >= 15 is 0 Å². The van der Waals surface area contributed by atoms with Gasteiger partial charge in [-0.1, -0.05) is 54.1 Å². The minimum atomic E-state index is 0.287. The van der Waals surface area contributed by atoms with Gasteiger partial charge in [-0.3, -0.25) is 0 Å².